The van der Waals surface area contributed by atoms with Gasteiger partial charge in [0.15, 0.2) is 5.82 Å². The van der Waals surface area contributed by atoms with Crippen LogP contribution in [0, 0.1) is 0 Å². The number of aromatic nitrogens is 4. The molecule has 1 aromatic carbocycles. The van der Waals surface area contributed by atoms with E-state index in [-0.39, 0.29) is 24.9 Å². The zero-order valence-electron chi connectivity index (χ0n) is 20.3. The highest BCUT2D eigenvalue weighted by atomic mass is 19.3. The van der Waals surface area contributed by atoms with Crippen molar-refractivity contribution in [1.29, 1.82) is 0 Å². The number of alkyl halides is 3. The first-order chi connectivity index (χ1) is 18.0. The molecular formula is C24H29F3N8O2. The monoisotopic (exact) mass is 518 g/mol. The SMILES string of the molecule is O=C(CNCCF)N1CCN(c2cc(N3CCOCC3)nc(-n3c(C(F)F)nc4ccccc43)n2)CC1. The summed E-state index contributed by atoms with van der Waals surface area (Å²) >= 11 is 0. The Labute approximate surface area is 212 Å². The average Bonchev–Trinajstić information content (AvgIpc) is 3.34. The van der Waals surface area contributed by atoms with E-state index in [2.05, 4.69) is 15.2 Å². The molecule has 3 aromatic rings. The molecule has 0 spiro atoms. The van der Waals surface area contributed by atoms with Crippen molar-refractivity contribution in [2.45, 2.75) is 6.43 Å². The fraction of sp³-hybridized carbons (Fsp3) is 0.500. The summed E-state index contributed by atoms with van der Waals surface area (Å²) in [5, 5.41) is 2.78. The largest absolute Gasteiger partial charge is 0.378 e. The Hall–Kier alpha value is -3.45. The van der Waals surface area contributed by atoms with Crippen LogP contribution in [0.3, 0.4) is 0 Å². The molecule has 5 rings (SSSR count). The number of hydrogen-bond acceptors (Lipinski definition) is 8. The van der Waals surface area contributed by atoms with Gasteiger partial charge in [-0.3, -0.25) is 9.36 Å². The van der Waals surface area contributed by atoms with Crippen molar-refractivity contribution in [1.82, 2.24) is 29.7 Å². The Morgan fingerprint density at radius 2 is 1.65 bits per heavy atom. The summed E-state index contributed by atoms with van der Waals surface area (Å²) in [6, 6.07) is 8.78. The van der Waals surface area contributed by atoms with Gasteiger partial charge in [-0.25, -0.2) is 18.2 Å². The van der Waals surface area contributed by atoms with Gasteiger partial charge in [0, 0.05) is 51.9 Å². The van der Waals surface area contributed by atoms with Crippen LogP contribution in [0.15, 0.2) is 30.3 Å². The average molecular weight is 519 g/mol. The number of nitrogens with one attached hydrogen (secondary N) is 1. The second-order valence-electron chi connectivity index (χ2n) is 8.81. The number of benzene rings is 1. The highest BCUT2D eigenvalue weighted by Crippen LogP contribution is 2.29. The number of rotatable bonds is 8. The standard InChI is InChI=1S/C24H29F3N8O2/c25-5-6-28-16-21(36)34-9-7-32(8-10-34)19-15-20(33-11-13-37-14-12-33)31-24(30-19)35-18-4-2-1-3-17(18)29-23(35)22(26)27/h1-4,15,22,28H,5-14,16H2. The van der Waals surface area contributed by atoms with E-state index in [1.165, 1.54) is 4.57 Å². The fourth-order valence-corrected chi connectivity index (χ4v) is 4.59. The Balaban J connectivity index is 1.47. The van der Waals surface area contributed by atoms with Crippen LogP contribution in [0.1, 0.15) is 12.2 Å². The molecule has 2 aliphatic rings. The number of carbonyl (C=O) groups excluding carboxylic acids is 1. The molecule has 0 radical (unpaired) electrons. The molecule has 2 aromatic heterocycles. The molecule has 0 bridgehead atoms. The first kappa shape index (κ1) is 25.2. The van der Waals surface area contributed by atoms with Gasteiger partial charge in [0.05, 0.1) is 30.8 Å². The number of imidazole rings is 1. The number of nitrogens with zero attached hydrogens (tertiary/aromatic N) is 7. The molecule has 2 fully saturated rings. The molecule has 1 amide bonds. The lowest BCUT2D eigenvalue weighted by atomic mass is 10.3. The van der Waals surface area contributed by atoms with E-state index < -0.39 is 18.9 Å². The molecule has 1 N–H and O–H groups in total. The smallest absolute Gasteiger partial charge is 0.296 e. The summed E-state index contributed by atoms with van der Waals surface area (Å²) in [4.78, 5) is 31.8. The van der Waals surface area contributed by atoms with E-state index >= 15 is 0 Å². The summed E-state index contributed by atoms with van der Waals surface area (Å²) in [6.07, 6.45) is -2.81. The molecule has 37 heavy (non-hydrogen) atoms. The third-order valence-corrected chi connectivity index (χ3v) is 6.51. The lowest BCUT2D eigenvalue weighted by Gasteiger charge is -2.36. The molecule has 0 atom stereocenters. The van der Waals surface area contributed by atoms with Crippen LogP contribution in [0.25, 0.3) is 17.0 Å². The van der Waals surface area contributed by atoms with E-state index in [1.54, 1.807) is 29.2 Å². The molecule has 10 nitrogen and oxygen atoms in total. The van der Waals surface area contributed by atoms with Gasteiger partial charge in [-0.15, -0.1) is 0 Å². The molecular weight excluding hydrogens is 489 g/mol. The van der Waals surface area contributed by atoms with Crippen molar-refractivity contribution in [2.24, 2.45) is 0 Å². The first-order valence-electron chi connectivity index (χ1n) is 12.3. The number of carbonyl (C=O) groups is 1. The van der Waals surface area contributed by atoms with Crippen LogP contribution < -0.4 is 15.1 Å². The second-order valence-corrected chi connectivity index (χ2v) is 8.81. The highest BCUT2D eigenvalue weighted by molar-refractivity contribution is 5.79. The summed E-state index contributed by atoms with van der Waals surface area (Å²) in [5.74, 6) is 0.832. The maximum Gasteiger partial charge on any atom is 0.296 e. The summed E-state index contributed by atoms with van der Waals surface area (Å²) in [7, 11) is 0. The topological polar surface area (TPSA) is 91.7 Å². The molecule has 0 saturated carbocycles. The van der Waals surface area contributed by atoms with E-state index in [0.717, 1.165) is 0 Å². The molecule has 198 valence electrons. The number of piperazine rings is 1. The number of anilines is 2. The van der Waals surface area contributed by atoms with Crippen molar-refractivity contribution in [3.8, 4) is 5.95 Å². The van der Waals surface area contributed by atoms with Gasteiger partial charge in [-0.1, -0.05) is 12.1 Å². The van der Waals surface area contributed by atoms with Gasteiger partial charge in [-0.05, 0) is 12.1 Å². The van der Waals surface area contributed by atoms with Gasteiger partial charge in [0.2, 0.25) is 11.9 Å². The van der Waals surface area contributed by atoms with Gasteiger partial charge in [0.1, 0.15) is 18.3 Å². The summed E-state index contributed by atoms with van der Waals surface area (Å²) < 4.78 is 47.2. The van der Waals surface area contributed by atoms with Crippen LogP contribution in [0.2, 0.25) is 0 Å². The van der Waals surface area contributed by atoms with Crippen molar-refractivity contribution in [2.75, 3.05) is 82.0 Å². The third kappa shape index (κ3) is 5.47. The molecule has 0 unspecified atom stereocenters. The van der Waals surface area contributed by atoms with Crippen LogP contribution in [0.4, 0.5) is 24.8 Å². The maximum atomic E-state index is 14.1. The van der Waals surface area contributed by atoms with E-state index in [1.807, 2.05) is 11.0 Å². The highest BCUT2D eigenvalue weighted by Gasteiger charge is 2.26. The van der Waals surface area contributed by atoms with E-state index in [4.69, 9.17) is 14.7 Å². The number of para-hydroxylation sites is 2. The Morgan fingerprint density at radius 3 is 2.32 bits per heavy atom. The van der Waals surface area contributed by atoms with Crippen LogP contribution in [0.5, 0.6) is 0 Å². The number of hydrogen-bond donors (Lipinski definition) is 1. The van der Waals surface area contributed by atoms with Gasteiger partial charge in [0.25, 0.3) is 6.43 Å². The lowest BCUT2D eigenvalue weighted by molar-refractivity contribution is -0.130. The lowest BCUT2D eigenvalue weighted by Crippen LogP contribution is -2.51. The van der Waals surface area contributed by atoms with Gasteiger partial charge >= 0.3 is 0 Å². The molecule has 0 aliphatic carbocycles. The number of amides is 1. The first-order valence-corrected chi connectivity index (χ1v) is 12.3. The van der Waals surface area contributed by atoms with Crippen LogP contribution in [-0.2, 0) is 9.53 Å². The van der Waals surface area contributed by atoms with Crippen molar-refractivity contribution in [3.63, 3.8) is 0 Å². The molecule has 13 heteroatoms. The number of halogens is 3. The van der Waals surface area contributed by atoms with Gasteiger partial charge in [-0.2, -0.15) is 9.97 Å². The second kappa shape index (κ2) is 11.3. The maximum absolute atomic E-state index is 14.1. The van der Waals surface area contributed by atoms with Crippen LogP contribution >= 0.6 is 0 Å². The van der Waals surface area contributed by atoms with Crippen LogP contribution in [-0.4, -0.2) is 103 Å². The fourth-order valence-electron chi connectivity index (χ4n) is 4.59. The normalized spacial score (nSPS) is 16.7. The quantitative estimate of drug-likeness (QED) is 0.452. The Kier molecular flexibility index (Phi) is 7.70. The zero-order valence-corrected chi connectivity index (χ0v) is 20.3. The molecule has 2 aliphatic heterocycles. The minimum atomic E-state index is -2.81. The molecule has 2 saturated heterocycles. The minimum Gasteiger partial charge on any atom is -0.378 e. The minimum absolute atomic E-state index is 0.0862. The number of morpholine rings is 1. The van der Waals surface area contributed by atoms with Gasteiger partial charge < -0.3 is 24.8 Å². The summed E-state index contributed by atoms with van der Waals surface area (Å²) in [6.45, 7) is 4.01. The summed E-state index contributed by atoms with van der Waals surface area (Å²) in [5.41, 5.74) is 0.937. The third-order valence-electron chi connectivity index (χ3n) is 6.51. The predicted octanol–water partition coefficient (Wildman–Crippen LogP) is 1.80. The Morgan fingerprint density at radius 1 is 0.973 bits per heavy atom. The van der Waals surface area contributed by atoms with Crippen molar-refractivity contribution >= 4 is 28.6 Å². The van der Waals surface area contributed by atoms with E-state index in [9.17, 15) is 18.0 Å². The zero-order chi connectivity index (χ0) is 25.8. The molecule has 4 heterocycles. The Bertz CT molecular complexity index is 1230. The predicted molar refractivity (Wildman–Crippen MR) is 132 cm³/mol. The number of fused-ring (bicyclic) bond motifs is 1. The number of ether oxygens (including phenoxy) is 1. The van der Waals surface area contributed by atoms with E-state index in [0.29, 0.717) is 75.2 Å². The van der Waals surface area contributed by atoms with Crippen molar-refractivity contribution < 1.29 is 22.7 Å². The van der Waals surface area contributed by atoms with Crippen molar-refractivity contribution in [3.05, 3.63) is 36.2 Å².